The lowest BCUT2D eigenvalue weighted by Crippen LogP contribution is -2.44. The Bertz CT molecular complexity index is 204. The van der Waals surface area contributed by atoms with Gasteiger partial charge in [-0.1, -0.05) is 0 Å². The van der Waals surface area contributed by atoms with Gasteiger partial charge in [0.15, 0.2) is 0 Å². The largest absolute Gasteiger partial charge is 0.370 e. The van der Waals surface area contributed by atoms with Gasteiger partial charge in [-0.05, 0) is 26.7 Å². The normalized spacial score (nSPS) is 20.1. The van der Waals surface area contributed by atoms with Crippen molar-refractivity contribution in [2.75, 3.05) is 26.3 Å². The molecule has 2 N–H and O–H groups in total. The smallest absolute Gasteiger partial charge is 0.249 e. The van der Waals surface area contributed by atoms with Crippen LogP contribution in [0.4, 0.5) is 0 Å². The fourth-order valence-electron chi connectivity index (χ4n) is 1.89. The highest BCUT2D eigenvalue weighted by Crippen LogP contribution is 2.27. The van der Waals surface area contributed by atoms with Crippen molar-refractivity contribution in [2.45, 2.75) is 32.2 Å². The molecule has 1 heterocycles. The van der Waals surface area contributed by atoms with Gasteiger partial charge in [-0.15, -0.1) is 0 Å². The van der Waals surface area contributed by atoms with Crippen LogP contribution in [0, 0.1) is 0 Å². The minimum absolute atomic E-state index is 0.00313. The molecule has 1 amide bonds. The number of nitrogens with two attached hydrogens (primary N) is 1. The molecule has 0 bridgehead atoms. The number of carbonyl (C=O) groups excluding carboxylic acids is 1. The van der Waals surface area contributed by atoms with Crippen molar-refractivity contribution in [3.63, 3.8) is 0 Å². The van der Waals surface area contributed by atoms with Crippen molar-refractivity contribution in [3.8, 4) is 0 Å². The van der Waals surface area contributed by atoms with Crippen molar-refractivity contribution in [1.82, 2.24) is 4.90 Å². The summed E-state index contributed by atoms with van der Waals surface area (Å²) in [6.07, 6.45) is 2.17. The summed E-state index contributed by atoms with van der Waals surface area (Å²) in [4.78, 5) is 13.6. The van der Waals surface area contributed by atoms with E-state index in [1.165, 1.54) is 0 Å². The van der Waals surface area contributed by atoms with Crippen molar-refractivity contribution < 1.29 is 9.53 Å². The number of ether oxygens (including phenoxy) is 1. The maximum Gasteiger partial charge on any atom is 0.249 e. The molecule has 0 radical (unpaired) electrons. The number of hydrogen-bond acceptors (Lipinski definition) is 3. The Hall–Kier alpha value is -0.610. The molecular formula is C10H20N2O2. The number of likely N-dealkylation sites (tertiary alicyclic amines) is 1. The summed E-state index contributed by atoms with van der Waals surface area (Å²) in [7, 11) is 0. The maximum atomic E-state index is 11.7. The first-order valence-electron chi connectivity index (χ1n) is 5.16. The highest BCUT2D eigenvalue weighted by Gasteiger charge is 2.34. The molecule has 0 aromatic rings. The Kier molecular flexibility index (Phi) is 3.89. The van der Waals surface area contributed by atoms with Crippen LogP contribution in [-0.4, -0.2) is 42.6 Å². The van der Waals surface area contributed by atoms with E-state index in [9.17, 15) is 4.79 Å². The molecule has 1 rings (SSSR count). The third-order valence-electron chi connectivity index (χ3n) is 2.69. The summed E-state index contributed by atoms with van der Waals surface area (Å²) in [5.41, 5.74) is 5.27. The van der Waals surface area contributed by atoms with Crippen molar-refractivity contribution in [1.29, 1.82) is 0 Å². The van der Waals surface area contributed by atoms with Crippen LogP contribution >= 0.6 is 0 Å². The van der Waals surface area contributed by atoms with Crippen LogP contribution in [0.2, 0.25) is 0 Å². The van der Waals surface area contributed by atoms with E-state index in [4.69, 9.17) is 10.5 Å². The summed E-state index contributed by atoms with van der Waals surface area (Å²) in [6, 6.07) is 0. The Labute approximate surface area is 85.4 Å². The van der Waals surface area contributed by atoms with Gasteiger partial charge in [0, 0.05) is 18.6 Å². The van der Waals surface area contributed by atoms with E-state index < -0.39 is 0 Å². The van der Waals surface area contributed by atoms with Crippen molar-refractivity contribution >= 4 is 5.91 Å². The van der Waals surface area contributed by atoms with Crippen LogP contribution < -0.4 is 5.73 Å². The zero-order valence-corrected chi connectivity index (χ0v) is 9.08. The number of amides is 1. The second-order valence-corrected chi connectivity index (χ2v) is 4.30. The third-order valence-corrected chi connectivity index (χ3v) is 2.69. The molecule has 82 valence electrons. The van der Waals surface area contributed by atoms with Crippen LogP contribution in [0.25, 0.3) is 0 Å². The fourth-order valence-corrected chi connectivity index (χ4v) is 1.89. The molecular weight excluding hydrogens is 180 g/mol. The lowest BCUT2D eigenvalue weighted by molar-refractivity contribution is -0.139. The minimum atomic E-state index is 0.00313. The first kappa shape index (κ1) is 11.5. The van der Waals surface area contributed by atoms with Gasteiger partial charge in [-0.25, -0.2) is 0 Å². The molecule has 1 saturated heterocycles. The van der Waals surface area contributed by atoms with Crippen LogP contribution in [0.5, 0.6) is 0 Å². The average Bonchev–Trinajstić information content (AvgIpc) is 2.45. The van der Waals surface area contributed by atoms with E-state index in [1.54, 1.807) is 0 Å². The van der Waals surface area contributed by atoms with Gasteiger partial charge < -0.3 is 15.4 Å². The summed E-state index contributed by atoms with van der Waals surface area (Å²) >= 11 is 0. The lowest BCUT2D eigenvalue weighted by atomic mass is 10.0. The van der Waals surface area contributed by atoms with E-state index in [0.717, 1.165) is 19.4 Å². The van der Waals surface area contributed by atoms with E-state index in [0.29, 0.717) is 13.2 Å². The fraction of sp³-hybridized carbons (Fsp3) is 0.900. The van der Waals surface area contributed by atoms with Crippen LogP contribution in [-0.2, 0) is 9.53 Å². The summed E-state index contributed by atoms with van der Waals surface area (Å²) in [5, 5.41) is 0. The lowest BCUT2D eigenvalue weighted by Gasteiger charge is -2.31. The molecule has 1 aliphatic heterocycles. The number of carbonyl (C=O) groups is 1. The predicted molar refractivity (Wildman–Crippen MR) is 54.9 cm³/mol. The number of hydrogen-bond donors (Lipinski definition) is 1. The Morgan fingerprint density at radius 1 is 1.57 bits per heavy atom. The summed E-state index contributed by atoms with van der Waals surface area (Å²) < 4.78 is 5.13. The van der Waals surface area contributed by atoms with Gasteiger partial charge >= 0.3 is 0 Å². The zero-order valence-electron chi connectivity index (χ0n) is 9.08. The monoisotopic (exact) mass is 200 g/mol. The highest BCUT2D eigenvalue weighted by molar-refractivity contribution is 5.78. The predicted octanol–water partition coefficient (Wildman–Crippen LogP) is 0.363. The number of nitrogens with zero attached hydrogens (tertiary/aromatic N) is 1. The van der Waals surface area contributed by atoms with Gasteiger partial charge in [0.25, 0.3) is 0 Å². The van der Waals surface area contributed by atoms with Crippen molar-refractivity contribution in [2.24, 2.45) is 5.73 Å². The minimum Gasteiger partial charge on any atom is -0.370 e. The van der Waals surface area contributed by atoms with E-state index >= 15 is 0 Å². The Morgan fingerprint density at radius 2 is 2.29 bits per heavy atom. The van der Waals surface area contributed by atoms with Gasteiger partial charge in [0.2, 0.25) is 5.91 Å². The molecule has 1 fully saturated rings. The zero-order chi connectivity index (χ0) is 10.6. The average molecular weight is 200 g/mol. The SMILES string of the molecule is CC1(C)CCCN1C(=O)COCCN. The second-order valence-electron chi connectivity index (χ2n) is 4.30. The van der Waals surface area contributed by atoms with Gasteiger partial charge in [0.1, 0.15) is 6.61 Å². The van der Waals surface area contributed by atoms with Gasteiger partial charge in [0.05, 0.1) is 6.61 Å². The molecule has 1 aliphatic rings. The quantitative estimate of drug-likeness (QED) is 0.667. The summed E-state index contributed by atoms with van der Waals surface area (Å²) in [5.74, 6) is 0.0842. The first-order valence-corrected chi connectivity index (χ1v) is 5.16. The molecule has 4 nitrogen and oxygen atoms in total. The Balaban J connectivity index is 2.36. The number of rotatable bonds is 4. The van der Waals surface area contributed by atoms with Gasteiger partial charge in [-0.3, -0.25) is 4.79 Å². The summed E-state index contributed by atoms with van der Waals surface area (Å²) in [6.45, 7) is 6.15. The maximum absolute atomic E-state index is 11.7. The van der Waals surface area contributed by atoms with E-state index in [1.807, 2.05) is 4.90 Å². The highest BCUT2D eigenvalue weighted by atomic mass is 16.5. The molecule has 0 aromatic heterocycles. The van der Waals surface area contributed by atoms with Crippen LogP contribution in [0.1, 0.15) is 26.7 Å². The Morgan fingerprint density at radius 3 is 2.79 bits per heavy atom. The van der Waals surface area contributed by atoms with E-state index in [-0.39, 0.29) is 18.1 Å². The molecule has 0 unspecified atom stereocenters. The molecule has 0 spiro atoms. The molecule has 0 saturated carbocycles. The standard InChI is InChI=1S/C10H20N2O2/c1-10(2)4-3-6-12(10)9(13)8-14-7-5-11/h3-8,11H2,1-2H3. The van der Waals surface area contributed by atoms with Gasteiger partial charge in [-0.2, -0.15) is 0 Å². The molecule has 0 aliphatic carbocycles. The molecule has 0 aromatic carbocycles. The third kappa shape index (κ3) is 2.69. The second kappa shape index (κ2) is 4.75. The first-order chi connectivity index (χ1) is 6.58. The van der Waals surface area contributed by atoms with Crippen LogP contribution in [0.15, 0.2) is 0 Å². The molecule has 0 atom stereocenters. The molecule has 4 heteroatoms. The van der Waals surface area contributed by atoms with Crippen molar-refractivity contribution in [3.05, 3.63) is 0 Å². The topological polar surface area (TPSA) is 55.6 Å². The van der Waals surface area contributed by atoms with Crippen LogP contribution in [0.3, 0.4) is 0 Å². The molecule has 14 heavy (non-hydrogen) atoms. The van der Waals surface area contributed by atoms with E-state index in [2.05, 4.69) is 13.8 Å².